The van der Waals surface area contributed by atoms with Crippen LogP contribution >= 0.6 is 0 Å². The average molecular weight is 618 g/mol. The van der Waals surface area contributed by atoms with Gasteiger partial charge in [0.2, 0.25) is 0 Å². The molecule has 0 spiro atoms. The number of rotatable bonds is 7. The maximum atomic E-state index is 2.49. The Hall–Kier alpha value is -6.32. The van der Waals surface area contributed by atoms with E-state index in [1.54, 1.807) is 0 Å². The molecule has 0 fully saturated rings. The molecule has 0 N–H and O–H groups in total. The maximum Gasteiger partial charge on any atom is 0.141 e. The second-order valence-electron chi connectivity index (χ2n) is 11.8. The lowest BCUT2D eigenvalue weighted by atomic mass is 9.71. The largest absolute Gasteiger partial charge is 0.246 e. The lowest BCUT2D eigenvalue weighted by Crippen LogP contribution is -2.66. The molecule has 0 bridgehead atoms. The number of benzene rings is 7. The van der Waals surface area contributed by atoms with Crippen molar-refractivity contribution >= 4 is 28.3 Å². The van der Waals surface area contributed by atoms with Gasteiger partial charge in [0, 0.05) is 11.1 Å². The molecule has 3 heteroatoms. The number of anilines is 3. The summed E-state index contributed by atoms with van der Waals surface area (Å²) < 4.78 is 0. The minimum atomic E-state index is -0.836. The van der Waals surface area contributed by atoms with Gasteiger partial charge in [0.25, 0.3) is 0 Å². The van der Waals surface area contributed by atoms with Gasteiger partial charge in [0.05, 0.1) is 22.8 Å². The molecule has 0 saturated heterocycles. The quantitative estimate of drug-likeness (QED) is 0.176. The Bertz CT molecular complexity index is 2060. The SMILES string of the molecule is c1ccc(C2=C(c3ccccc3)C(c3ccccc3)(c3ccccc3)N(c3ccccc3)N(c3ccccc3)N2c2ccccc2)cc1. The third-order valence-corrected chi connectivity index (χ3v) is 8.99. The summed E-state index contributed by atoms with van der Waals surface area (Å²) in [6.07, 6.45) is 0. The molecule has 1 heterocycles. The van der Waals surface area contributed by atoms with E-state index in [-0.39, 0.29) is 0 Å². The van der Waals surface area contributed by atoms with Gasteiger partial charge in [-0.1, -0.05) is 176 Å². The van der Waals surface area contributed by atoms with E-state index in [1.165, 1.54) is 5.57 Å². The zero-order valence-corrected chi connectivity index (χ0v) is 26.5. The molecule has 7 aromatic carbocycles. The lowest BCUT2D eigenvalue weighted by Gasteiger charge is -2.60. The number of hydrogen-bond donors (Lipinski definition) is 0. The fourth-order valence-electron chi connectivity index (χ4n) is 7.05. The first-order valence-corrected chi connectivity index (χ1v) is 16.4. The van der Waals surface area contributed by atoms with Crippen LogP contribution < -0.4 is 15.1 Å². The third-order valence-electron chi connectivity index (χ3n) is 8.99. The predicted octanol–water partition coefficient (Wildman–Crippen LogP) is 10.9. The molecular weight excluding hydrogens is 583 g/mol. The summed E-state index contributed by atoms with van der Waals surface area (Å²) in [6, 6.07) is 75.9. The predicted molar refractivity (Wildman–Crippen MR) is 200 cm³/mol. The van der Waals surface area contributed by atoms with Crippen LogP contribution in [0.25, 0.3) is 11.3 Å². The number of hydrazine groups is 2. The van der Waals surface area contributed by atoms with E-state index in [0.717, 1.165) is 45.0 Å². The van der Waals surface area contributed by atoms with Crippen molar-refractivity contribution in [2.45, 2.75) is 5.54 Å². The highest BCUT2D eigenvalue weighted by Gasteiger charge is 2.54. The van der Waals surface area contributed by atoms with E-state index in [4.69, 9.17) is 0 Å². The molecule has 3 nitrogen and oxygen atoms in total. The molecule has 1 aliphatic rings. The van der Waals surface area contributed by atoms with Crippen LogP contribution in [0.2, 0.25) is 0 Å². The van der Waals surface area contributed by atoms with Crippen molar-refractivity contribution in [1.29, 1.82) is 0 Å². The summed E-state index contributed by atoms with van der Waals surface area (Å²) in [5, 5.41) is 7.26. The number of nitrogens with zero attached hydrogens (tertiary/aromatic N) is 3. The Morgan fingerprint density at radius 1 is 0.312 bits per heavy atom. The monoisotopic (exact) mass is 617 g/mol. The molecular formula is C45H35N3. The van der Waals surface area contributed by atoms with Crippen LogP contribution in [0.1, 0.15) is 22.3 Å². The zero-order valence-electron chi connectivity index (χ0n) is 26.5. The minimum absolute atomic E-state index is 0.836. The Morgan fingerprint density at radius 3 is 1.12 bits per heavy atom. The Labute approximate surface area is 282 Å². The van der Waals surface area contributed by atoms with Gasteiger partial charge in [-0.25, -0.2) is 10.0 Å². The zero-order chi connectivity index (χ0) is 32.2. The Kier molecular flexibility index (Phi) is 7.77. The van der Waals surface area contributed by atoms with E-state index in [9.17, 15) is 0 Å². The summed E-state index contributed by atoms with van der Waals surface area (Å²) in [5.74, 6) is 0. The van der Waals surface area contributed by atoms with Crippen molar-refractivity contribution in [2.75, 3.05) is 15.1 Å². The minimum Gasteiger partial charge on any atom is -0.246 e. The maximum absolute atomic E-state index is 2.49. The van der Waals surface area contributed by atoms with E-state index in [2.05, 4.69) is 227 Å². The van der Waals surface area contributed by atoms with E-state index in [1.807, 2.05) is 0 Å². The molecule has 0 unspecified atom stereocenters. The molecule has 0 aromatic heterocycles. The van der Waals surface area contributed by atoms with Crippen LogP contribution in [0.3, 0.4) is 0 Å². The summed E-state index contributed by atoms with van der Waals surface area (Å²) >= 11 is 0. The van der Waals surface area contributed by atoms with Crippen LogP contribution in [0.4, 0.5) is 17.1 Å². The fraction of sp³-hybridized carbons (Fsp3) is 0.0222. The molecule has 7 aromatic rings. The molecule has 1 aliphatic heterocycles. The van der Waals surface area contributed by atoms with Crippen molar-refractivity contribution in [2.24, 2.45) is 0 Å². The molecule has 230 valence electrons. The van der Waals surface area contributed by atoms with Crippen LogP contribution in [-0.2, 0) is 5.54 Å². The topological polar surface area (TPSA) is 9.72 Å². The van der Waals surface area contributed by atoms with E-state index < -0.39 is 5.54 Å². The Balaban J connectivity index is 1.67. The summed E-state index contributed by atoms with van der Waals surface area (Å²) in [6.45, 7) is 0. The summed E-state index contributed by atoms with van der Waals surface area (Å²) in [5.41, 5.74) is 9.12. The highest BCUT2D eigenvalue weighted by atomic mass is 15.9. The summed E-state index contributed by atoms with van der Waals surface area (Å²) in [4.78, 5) is 0. The molecule has 0 atom stereocenters. The second kappa shape index (κ2) is 12.8. The van der Waals surface area contributed by atoms with Crippen molar-refractivity contribution in [3.05, 3.63) is 235 Å². The highest BCUT2D eigenvalue weighted by molar-refractivity contribution is 6.07. The van der Waals surface area contributed by atoms with Crippen LogP contribution in [0.5, 0.6) is 0 Å². The molecule has 0 saturated carbocycles. The Morgan fingerprint density at radius 2 is 0.667 bits per heavy atom. The van der Waals surface area contributed by atoms with Gasteiger partial charge < -0.3 is 0 Å². The standard InChI is InChI=1S/C45H35N3/c1-8-22-36(23-9-1)43-44(37-24-10-2-11-25-37)46(40-30-16-5-17-31-40)48(42-34-20-7-21-35-42)47(41-32-18-6-19-33-41)45(43,38-26-12-3-13-27-38)39-28-14-4-15-29-39/h1-35H. The van der Waals surface area contributed by atoms with Crippen LogP contribution in [-0.4, -0.2) is 0 Å². The van der Waals surface area contributed by atoms with Crippen LogP contribution in [0, 0.1) is 0 Å². The molecule has 0 radical (unpaired) electrons. The molecule has 0 amide bonds. The lowest BCUT2D eigenvalue weighted by molar-refractivity contribution is 0.546. The van der Waals surface area contributed by atoms with Gasteiger partial charge in [0.1, 0.15) is 5.54 Å². The normalized spacial score (nSPS) is 14.2. The molecule has 0 aliphatic carbocycles. The highest BCUT2D eigenvalue weighted by Crippen LogP contribution is 2.57. The molecule has 8 rings (SSSR count). The first kappa shape index (κ1) is 29.1. The first-order chi connectivity index (χ1) is 23.9. The van der Waals surface area contributed by atoms with E-state index >= 15 is 0 Å². The van der Waals surface area contributed by atoms with Crippen molar-refractivity contribution in [1.82, 2.24) is 0 Å². The van der Waals surface area contributed by atoms with Crippen LogP contribution in [0.15, 0.2) is 212 Å². The first-order valence-electron chi connectivity index (χ1n) is 16.4. The number of para-hydroxylation sites is 3. The van der Waals surface area contributed by atoms with Crippen molar-refractivity contribution in [3.63, 3.8) is 0 Å². The van der Waals surface area contributed by atoms with E-state index in [0.29, 0.717) is 0 Å². The van der Waals surface area contributed by atoms with Gasteiger partial charge in [-0.05, 0) is 53.1 Å². The summed E-state index contributed by atoms with van der Waals surface area (Å²) in [7, 11) is 0. The fourth-order valence-corrected chi connectivity index (χ4v) is 7.05. The third kappa shape index (κ3) is 4.94. The average Bonchev–Trinajstić information content (AvgIpc) is 3.19. The smallest absolute Gasteiger partial charge is 0.141 e. The van der Waals surface area contributed by atoms with Gasteiger partial charge >= 0.3 is 0 Å². The molecule has 48 heavy (non-hydrogen) atoms. The van der Waals surface area contributed by atoms with Crippen molar-refractivity contribution < 1.29 is 0 Å². The van der Waals surface area contributed by atoms with Gasteiger partial charge in [-0.3, -0.25) is 0 Å². The number of hydrogen-bond acceptors (Lipinski definition) is 3. The van der Waals surface area contributed by atoms with Gasteiger partial charge in [-0.2, -0.15) is 5.12 Å². The van der Waals surface area contributed by atoms with Gasteiger partial charge in [-0.15, -0.1) is 0 Å². The van der Waals surface area contributed by atoms with Gasteiger partial charge in [0.15, 0.2) is 0 Å². The second-order valence-corrected chi connectivity index (χ2v) is 11.8. The van der Waals surface area contributed by atoms with Crippen molar-refractivity contribution in [3.8, 4) is 0 Å².